The zero-order chi connectivity index (χ0) is 54.5. The number of carbonyl (C=O) groups excluding carboxylic acids is 2. The van der Waals surface area contributed by atoms with E-state index in [1.165, 1.54) is 289 Å². The van der Waals surface area contributed by atoms with Gasteiger partial charge in [0.05, 0.1) is 13.1 Å². The van der Waals surface area contributed by atoms with Crippen molar-refractivity contribution in [3.8, 4) is 0 Å². The van der Waals surface area contributed by atoms with Crippen molar-refractivity contribution in [1.82, 2.24) is 24.5 Å². The molecule has 0 aromatic heterocycles. The Balaban J connectivity index is 0. The Morgan fingerprint density at radius 1 is 0.351 bits per heavy atom. The highest BCUT2D eigenvalue weighted by molar-refractivity contribution is 5.78. The monoisotopic (exact) mass is 1050 g/mol. The van der Waals surface area contributed by atoms with Crippen LogP contribution in [0.5, 0.6) is 0 Å². The van der Waals surface area contributed by atoms with E-state index in [1.807, 2.05) is 0 Å². The predicted molar refractivity (Wildman–Crippen MR) is 325 cm³/mol. The summed E-state index contributed by atoms with van der Waals surface area (Å²) in [6.07, 6.45) is 60.3. The van der Waals surface area contributed by atoms with Crippen LogP contribution >= 0.6 is 0 Å². The molecule has 1 N–H and O–H groups in total. The Morgan fingerprint density at radius 3 is 0.851 bits per heavy atom. The number of piperazine rings is 1. The largest absolute Gasteiger partial charge is 0.483 e. The lowest BCUT2D eigenvalue weighted by Gasteiger charge is -2.34. The SMILES string of the molecule is CCCCCCCCCCCCCCN(CCCCCCCCCCCC)CC(=O)N1CCN(C)CC1.CCCCCCCCCN(CC=O)CCN(CCCCCCCCC)CCCCCCCCC.O=CO. The molecule has 1 rings (SSSR count). The Hall–Kier alpha value is -1.55. The van der Waals surface area contributed by atoms with Crippen molar-refractivity contribution in [3.63, 3.8) is 0 Å². The number of unbranched alkanes of at least 4 members (excludes halogenated alkanes) is 38. The number of carboxylic acid groups (broad SMARTS) is 1. The Bertz CT molecular complexity index is 1070. The Kier molecular flexibility index (Phi) is 64.4. The van der Waals surface area contributed by atoms with Crippen molar-refractivity contribution < 1.29 is 19.5 Å². The van der Waals surface area contributed by atoms with Gasteiger partial charge in [0.1, 0.15) is 6.29 Å². The molecular weight excluding hydrogens is 915 g/mol. The van der Waals surface area contributed by atoms with Crippen molar-refractivity contribution in [2.24, 2.45) is 0 Å². The van der Waals surface area contributed by atoms with E-state index in [2.05, 4.69) is 66.2 Å². The molecule has 0 saturated carbocycles. The van der Waals surface area contributed by atoms with E-state index in [4.69, 9.17) is 9.90 Å². The summed E-state index contributed by atoms with van der Waals surface area (Å²) in [5.74, 6) is 0.360. The average Bonchev–Trinajstić information content (AvgIpc) is 3.40. The zero-order valence-corrected chi connectivity index (χ0v) is 51.2. The summed E-state index contributed by atoms with van der Waals surface area (Å²) in [6.45, 7) is 24.3. The number of nitrogens with zero attached hydrogens (tertiary/aromatic N) is 5. The lowest BCUT2D eigenvalue weighted by molar-refractivity contribution is -0.134. The summed E-state index contributed by atoms with van der Waals surface area (Å²) in [7, 11) is 2.16. The molecule has 0 atom stereocenters. The molecule has 0 aliphatic carbocycles. The second kappa shape index (κ2) is 64.0. The molecule has 74 heavy (non-hydrogen) atoms. The van der Waals surface area contributed by atoms with Crippen molar-refractivity contribution in [2.45, 2.75) is 311 Å². The Labute approximate surface area is 463 Å². The number of hydrogen-bond acceptors (Lipinski definition) is 7. The van der Waals surface area contributed by atoms with Gasteiger partial charge in [-0.25, -0.2) is 0 Å². The van der Waals surface area contributed by atoms with Gasteiger partial charge >= 0.3 is 0 Å². The van der Waals surface area contributed by atoms with Crippen LogP contribution in [0.2, 0.25) is 0 Å². The molecule has 0 aromatic rings. The topological polar surface area (TPSA) is 87.6 Å². The highest BCUT2D eigenvalue weighted by Gasteiger charge is 2.21. The first-order valence-electron chi connectivity index (χ1n) is 33.0. The van der Waals surface area contributed by atoms with Crippen LogP contribution in [0.3, 0.4) is 0 Å². The van der Waals surface area contributed by atoms with E-state index < -0.39 is 0 Å². The summed E-state index contributed by atoms with van der Waals surface area (Å²) in [4.78, 5) is 44.6. The van der Waals surface area contributed by atoms with E-state index in [0.717, 1.165) is 65.2 Å². The van der Waals surface area contributed by atoms with Gasteiger partial charge in [-0.05, 0) is 71.9 Å². The number of likely N-dealkylation sites (N-methyl/N-ethyl adjacent to an activating group) is 1. The minimum absolute atomic E-state index is 0.250. The van der Waals surface area contributed by atoms with Crippen molar-refractivity contribution >= 4 is 18.7 Å². The van der Waals surface area contributed by atoms with Gasteiger partial charge < -0.3 is 24.6 Å². The maximum absolute atomic E-state index is 13.0. The molecule has 1 fully saturated rings. The summed E-state index contributed by atoms with van der Waals surface area (Å²) < 4.78 is 0. The third kappa shape index (κ3) is 56.6. The van der Waals surface area contributed by atoms with Crippen LogP contribution in [0, 0.1) is 0 Å². The van der Waals surface area contributed by atoms with Crippen molar-refractivity contribution in [2.75, 3.05) is 92.1 Å². The molecule has 1 heterocycles. The third-order valence-corrected chi connectivity index (χ3v) is 15.7. The van der Waals surface area contributed by atoms with Crippen LogP contribution in [-0.2, 0) is 14.4 Å². The fourth-order valence-corrected chi connectivity index (χ4v) is 10.5. The normalized spacial score (nSPS) is 12.9. The number of hydrogen-bond donors (Lipinski definition) is 1. The summed E-state index contributed by atoms with van der Waals surface area (Å²) in [5.41, 5.74) is 0. The van der Waals surface area contributed by atoms with Crippen molar-refractivity contribution in [1.29, 1.82) is 0 Å². The zero-order valence-electron chi connectivity index (χ0n) is 51.2. The standard InChI is InChI=1S/C33H67N3O.C31H64N2O.CH2O2/c1-4-6-8-10-12-14-16-17-19-21-23-25-27-35(32-33(37)36-30-28-34(3)29-31-36)26-24-22-20-18-15-13-11-9-7-5-2;1-4-7-10-13-16-19-22-25-32(26-23-20-17-14-11-8-5-2)28-29-33(30-31-34)27-24-21-18-15-12-9-6-3;2-1-3/h4-32H2,1-3H3;31H,4-30H2,1-3H3;1H,(H,2,3). The first kappa shape index (κ1) is 74.5. The quantitative estimate of drug-likeness (QED) is 0.0476. The minimum Gasteiger partial charge on any atom is -0.483 e. The van der Waals surface area contributed by atoms with Crippen LogP contribution in [0.15, 0.2) is 0 Å². The lowest BCUT2D eigenvalue weighted by Crippen LogP contribution is -2.50. The predicted octanol–water partition coefficient (Wildman–Crippen LogP) is 17.4. The first-order valence-corrected chi connectivity index (χ1v) is 33.0. The smallest absolute Gasteiger partial charge is 0.290 e. The van der Waals surface area contributed by atoms with Gasteiger partial charge in [0, 0.05) is 39.3 Å². The molecule has 0 aromatic carbocycles. The molecule has 0 bridgehead atoms. The summed E-state index contributed by atoms with van der Waals surface area (Å²) in [6, 6.07) is 0. The van der Waals surface area contributed by atoms with Crippen LogP contribution < -0.4 is 0 Å². The van der Waals surface area contributed by atoms with E-state index in [-0.39, 0.29) is 6.47 Å². The first-order chi connectivity index (χ1) is 36.4. The van der Waals surface area contributed by atoms with Crippen LogP contribution in [-0.4, -0.2) is 140 Å². The molecular formula is C65H133N5O4. The van der Waals surface area contributed by atoms with Gasteiger partial charge in [0.15, 0.2) is 0 Å². The lowest BCUT2D eigenvalue weighted by atomic mass is 10.1. The van der Waals surface area contributed by atoms with Gasteiger partial charge in [-0.3, -0.25) is 19.4 Å². The molecule has 1 aliphatic heterocycles. The number of amides is 1. The molecule has 9 nitrogen and oxygen atoms in total. The van der Waals surface area contributed by atoms with E-state index in [0.29, 0.717) is 19.0 Å². The Morgan fingerprint density at radius 2 is 0.581 bits per heavy atom. The molecule has 1 saturated heterocycles. The number of aldehydes is 1. The summed E-state index contributed by atoms with van der Waals surface area (Å²) in [5, 5.41) is 6.89. The fourth-order valence-electron chi connectivity index (χ4n) is 10.5. The molecule has 0 radical (unpaired) electrons. The maximum Gasteiger partial charge on any atom is 0.290 e. The second-order valence-corrected chi connectivity index (χ2v) is 22.8. The van der Waals surface area contributed by atoms with E-state index in [9.17, 15) is 9.59 Å². The number of carbonyl (C=O) groups is 3. The number of rotatable bonds is 55. The molecule has 1 aliphatic rings. The molecule has 1 amide bonds. The minimum atomic E-state index is -0.250. The van der Waals surface area contributed by atoms with Gasteiger partial charge in [-0.15, -0.1) is 0 Å². The van der Waals surface area contributed by atoms with Gasteiger partial charge in [-0.2, -0.15) is 0 Å². The van der Waals surface area contributed by atoms with E-state index >= 15 is 0 Å². The van der Waals surface area contributed by atoms with Crippen molar-refractivity contribution in [3.05, 3.63) is 0 Å². The van der Waals surface area contributed by atoms with E-state index in [1.54, 1.807) is 0 Å². The molecule has 442 valence electrons. The van der Waals surface area contributed by atoms with Gasteiger partial charge in [0.2, 0.25) is 5.91 Å². The van der Waals surface area contributed by atoms with Crippen LogP contribution in [0.4, 0.5) is 0 Å². The van der Waals surface area contributed by atoms with Crippen LogP contribution in [0.25, 0.3) is 0 Å². The molecule has 0 spiro atoms. The molecule has 0 unspecified atom stereocenters. The second-order valence-electron chi connectivity index (χ2n) is 22.8. The summed E-state index contributed by atoms with van der Waals surface area (Å²) >= 11 is 0. The molecule has 9 heteroatoms. The highest BCUT2D eigenvalue weighted by Crippen LogP contribution is 2.16. The fraction of sp³-hybridized carbons (Fsp3) is 0.954. The van der Waals surface area contributed by atoms with Gasteiger partial charge in [-0.1, -0.05) is 279 Å². The third-order valence-electron chi connectivity index (χ3n) is 15.7. The maximum atomic E-state index is 13.0. The van der Waals surface area contributed by atoms with Gasteiger partial charge in [0.25, 0.3) is 6.47 Å². The average molecular weight is 1050 g/mol. The highest BCUT2D eigenvalue weighted by atomic mass is 16.3. The van der Waals surface area contributed by atoms with Crippen LogP contribution in [0.1, 0.15) is 311 Å².